The molecule has 3 aromatic rings. The van der Waals surface area contributed by atoms with Crippen LogP contribution >= 0.6 is 11.6 Å². The lowest BCUT2D eigenvalue weighted by Gasteiger charge is -1.97. The summed E-state index contributed by atoms with van der Waals surface area (Å²) in [6.07, 6.45) is 1.68. The van der Waals surface area contributed by atoms with Gasteiger partial charge in [-0.05, 0) is 18.6 Å². The summed E-state index contributed by atoms with van der Waals surface area (Å²) in [6.45, 7) is 1.91. The first-order valence-corrected chi connectivity index (χ1v) is 5.66. The van der Waals surface area contributed by atoms with Gasteiger partial charge in [0.1, 0.15) is 5.15 Å². The van der Waals surface area contributed by atoms with Gasteiger partial charge in [0.05, 0.1) is 10.4 Å². The number of rotatable bonds is 1. The molecule has 0 aliphatic carbocycles. The van der Waals surface area contributed by atoms with E-state index in [2.05, 4.69) is 9.97 Å². The van der Waals surface area contributed by atoms with Gasteiger partial charge in [-0.3, -0.25) is 10.1 Å². The van der Waals surface area contributed by atoms with E-state index in [1.807, 2.05) is 6.92 Å². The van der Waals surface area contributed by atoms with Crippen molar-refractivity contribution in [3.05, 3.63) is 45.2 Å². The number of benzene rings is 1. The summed E-state index contributed by atoms with van der Waals surface area (Å²) in [6, 6.07) is 4.67. The van der Waals surface area contributed by atoms with Crippen molar-refractivity contribution < 1.29 is 4.92 Å². The second-order valence-electron chi connectivity index (χ2n) is 4.09. The molecular weight excluding hydrogens is 254 g/mol. The predicted molar refractivity (Wildman–Crippen MR) is 70.0 cm³/mol. The van der Waals surface area contributed by atoms with Crippen molar-refractivity contribution in [2.24, 2.45) is 0 Å². The molecule has 0 aliphatic rings. The van der Waals surface area contributed by atoms with Crippen LogP contribution in [0.25, 0.3) is 21.8 Å². The molecule has 3 rings (SSSR count). The van der Waals surface area contributed by atoms with E-state index in [9.17, 15) is 10.1 Å². The van der Waals surface area contributed by atoms with E-state index >= 15 is 0 Å². The van der Waals surface area contributed by atoms with Crippen LogP contribution in [0, 0.1) is 17.0 Å². The number of nitro groups is 1. The Kier molecular flexibility index (Phi) is 2.24. The quantitative estimate of drug-likeness (QED) is 0.413. The summed E-state index contributed by atoms with van der Waals surface area (Å²) in [5.41, 5.74) is 2.67. The standard InChI is InChI=1S/C12H8ClN3O2/c1-6-5-14-12(13)10-8-4-7(16(17)18)2-3-9(8)15-11(6)10/h2-5,15H,1H3. The molecule has 0 radical (unpaired) electrons. The van der Waals surface area contributed by atoms with Gasteiger partial charge in [-0.2, -0.15) is 0 Å². The molecule has 18 heavy (non-hydrogen) atoms. The lowest BCUT2D eigenvalue weighted by Crippen LogP contribution is -1.86. The molecule has 90 valence electrons. The number of aromatic nitrogens is 2. The highest BCUT2D eigenvalue weighted by molar-refractivity contribution is 6.36. The van der Waals surface area contributed by atoms with Crippen LogP contribution in [0.3, 0.4) is 0 Å². The minimum atomic E-state index is -0.421. The number of aromatic amines is 1. The summed E-state index contributed by atoms with van der Waals surface area (Å²) in [5.74, 6) is 0. The van der Waals surface area contributed by atoms with E-state index in [1.165, 1.54) is 12.1 Å². The zero-order chi connectivity index (χ0) is 12.9. The lowest BCUT2D eigenvalue weighted by atomic mass is 10.1. The second-order valence-corrected chi connectivity index (χ2v) is 4.45. The van der Waals surface area contributed by atoms with E-state index in [0.29, 0.717) is 5.15 Å². The van der Waals surface area contributed by atoms with Crippen LogP contribution in [0.4, 0.5) is 5.69 Å². The van der Waals surface area contributed by atoms with E-state index in [-0.39, 0.29) is 5.69 Å². The predicted octanol–water partition coefficient (Wildman–Crippen LogP) is 3.59. The van der Waals surface area contributed by atoms with E-state index in [4.69, 9.17) is 11.6 Å². The van der Waals surface area contributed by atoms with Crippen molar-refractivity contribution in [3.8, 4) is 0 Å². The Morgan fingerprint density at radius 3 is 2.94 bits per heavy atom. The summed E-state index contributed by atoms with van der Waals surface area (Å²) in [4.78, 5) is 17.7. The number of nitrogens with one attached hydrogen (secondary N) is 1. The molecule has 0 spiro atoms. The van der Waals surface area contributed by atoms with E-state index in [0.717, 1.165) is 27.4 Å². The molecule has 0 saturated carbocycles. The first-order valence-electron chi connectivity index (χ1n) is 5.29. The van der Waals surface area contributed by atoms with Crippen molar-refractivity contribution in [2.75, 3.05) is 0 Å². The Hall–Kier alpha value is -2.14. The fourth-order valence-electron chi connectivity index (χ4n) is 2.09. The number of non-ortho nitro benzene ring substituents is 1. The van der Waals surface area contributed by atoms with Gasteiger partial charge in [-0.15, -0.1) is 0 Å². The monoisotopic (exact) mass is 261 g/mol. The van der Waals surface area contributed by atoms with Gasteiger partial charge in [-0.1, -0.05) is 11.6 Å². The molecule has 0 bridgehead atoms. The SMILES string of the molecule is Cc1cnc(Cl)c2c1[nH]c1ccc([N+](=O)[O-])cc12. The zero-order valence-corrected chi connectivity index (χ0v) is 10.2. The van der Waals surface area contributed by atoms with Crippen LogP contribution < -0.4 is 0 Å². The number of hydrogen-bond acceptors (Lipinski definition) is 3. The number of nitrogens with zero attached hydrogens (tertiary/aromatic N) is 2. The maximum absolute atomic E-state index is 10.8. The maximum atomic E-state index is 10.8. The largest absolute Gasteiger partial charge is 0.354 e. The molecule has 0 unspecified atom stereocenters. The van der Waals surface area contributed by atoms with Crippen molar-refractivity contribution in [1.82, 2.24) is 9.97 Å². The molecule has 1 N–H and O–H groups in total. The topological polar surface area (TPSA) is 71.8 Å². The molecule has 1 aromatic carbocycles. The number of nitro benzene ring substituents is 1. The lowest BCUT2D eigenvalue weighted by molar-refractivity contribution is -0.384. The van der Waals surface area contributed by atoms with E-state index in [1.54, 1.807) is 12.3 Å². The maximum Gasteiger partial charge on any atom is 0.270 e. The van der Waals surface area contributed by atoms with Crippen LogP contribution in [0.2, 0.25) is 5.15 Å². The average molecular weight is 262 g/mol. The summed E-state index contributed by atoms with van der Waals surface area (Å²) in [7, 11) is 0. The minimum absolute atomic E-state index is 0.0426. The molecule has 0 aliphatic heterocycles. The Morgan fingerprint density at radius 1 is 1.44 bits per heavy atom. The fourth-order valence-corrected chi connectivity index (χ4v) is 2.33. The van der Waals surface area contributed by atoms with Crippen molar-refractivity contribution in [1.29, 1.82) is 0 Å². The van der Waals surface area contributed by atoms with Crippen LogP contribution in [0.1, 0.15) is 5.56 Å². The van der Waals surface area contributed by atoms with Crippen LogP contribution in [-0.2, 0) is 0 Å². The first kappa shape index (κ1) is 11.0. The van der Waals surface area contributed by atoms with Crippen molar-refractivity contribution >= 4 is 39.1 Å². The Balaban J connectivity index is 2.51. The van der Waals surface area contributed by atoms with Gasteiger partial charge in [0.15, 0.2) is 0 Å². The molecule has 2 heterocycles. The third-order valence-electron chi connectivity index (χ3n) is 2.97. The van der Waals surface area contributed by atoms with Crippen molar-refractivity contribution in [3.63, 3.8) is 0 Å². The molecule has 2 aromatic heterocycles. The summed E-state index contributed by atoms with van der Waals surface area (Å²) < 4.78 is 0. The van der Waals surface area contributed by atoms with E-state index < -0.39 is 4.92 Å². The van der Waals surface area contributed by atoms with Crippen molar-refractivity contribution in [2.45, 2.75) is 6.92 Å². The fraction of sp³-hybridized carbons (Fsp3) is 0.0833. The zero-order valence-electron chi connectivity index (χ0n) is 9.40. The average Bonchev–Trinajstić information content (AvgIpc) is 2.73. The second kappa shape index (κ2) is 3.68. The highest BCUT2D eigenvalue weighted by atomic mass is 35.5. The van der Waals surface area contributed by atoms with Gasteiger partial charge in [0.2, 0.25) is 0 Å². The molecule has 0 saturated heterocycles. The number of aryl methyl sites for hydroxylation is 1. The van der Waals surface area contributed by atoms with Crippen LogP contribution in [-0.4, -0.2) is 14.9 Å². The number of fused-ring (bicyclic) bond motifs is 3. The Labute approximate surface area is 107 Å². The molecule has 0 atom stereocenters. The third-order valence-corrected chi connectivity index (χ3v) is 3.25. The molecule has 0 amide bonds. The number of pyridine rings is 1. The number of halogens is 1. The van der Waals surface area contributed by atoms with Crippen LogP contribution in [0.5, 0.6) is 0 Å². The van der Waals surface area contributed by atoms with Gasteiger partial charge in [0, 0.05) is 34.6 Å². The van der Waals surface area contributed by atoms with Crippen LogP contribution in [0.15, 0.2) is 24.4 Å². The molecular formula is C12H8ClN3O2. The Bertz CT molecular complexity index is 795. The molecule has 6 heteroatoms. The minimum Gasteiger partial charge on any atom is -0.354 e. The highest BCUT2D eigenvalue weighted by Gasteiger charge is 2.14. The number of hydrogen-bond donors (Lipinski definition) is 1. The Morgan fingerprint density at radius 2 is 2.22 bits per heavy atom. The molecule has 0 fully saturated rings. The number of H-pyrrole nitrogens is 1. The van der Waals surface area contributed by atoms with Gasteiger partial charge in [0.25, 0.3) is 5.69 Å². The van der Waals surface area contributed by atoms with Gasteiger partial charge < -0.3 is 4.98 Å². The highest BCUT2D eigenvalue weighted by Crippen LogP contribution is 2.33. The van der Waals surface area contributed by atoms with Gasteiger partial charge in [-0.25, -0.2) is 4.98 Å². The third kappa shape index (κ3) is 1.44. The summed E-state index contributed by atoms with van der Waals surface area (Å²) in [5, 5.41) is 12.6. The molecule has 5 nitrogen and oxygen atoms in total. The normalized spacial score (nSPS) is 11.2. The first-order chi connectivity index (χ1) is 8.58. The summed E-state index contributed by atoms with van der Waals surface area (Å²) >= 11 is 6.08. The smallest absolute Gasteiger partial charge is 0.270 e. The van der Waals surface area contributed by atoms with Gasteiger partial charge >= 0.3 is 0 Å².